The van der Waals surface area contributed by atoms with Gasteiger partial charge in [0.15, 0.2) is 0 Å². The normalized spacial score (nSPS) is 11.3. The molecule has 0 aliphatic carbocycles. The fourth-order valence-corrected chi connectivity index (χ4v) is 0.862. The van der Waals surface area contributed by atoms with Gasteiger partial charge in [-0.05, 0) is 13.0 Å². The van der Waals surface area contributed by atoms with Crippen molar-refractivity contribution >= 4 is 11.7 Å². The molecule has 0 atom stereocenters. The van der Waals surface area contributed by atoms with Gasteiger partial charge in [0, 0.05) is 18.0 Å². The zero-order valence-corrected chi connectivity index (χ0v) is 7.28. The van der Waals surface area contributed by atoms with E-state index in [0.29, 0.717) is 12.2 Å². The minimum Gasteiger partial charge on any atom is -0.507 e. The number of ether oxygens (including phenoxy) is 1. The standard InChI is InChI=1S/C9H11NO3/c1-2-13-9(12)5-8(11)7-3-4-10-6-7/h3-6,10-11H,2H2,1H3. The molecule has 0 spiro atoms. The van der Waals surface area contributed by atoms with E-state index in [1.807, 2.05) is 0 Å². The van der Waals surface area contributed by atoms with Crippen LogP contribution in [0.3, 0.4) is 0 Å². The van der Waals surface area contributed by atoms with Gasteiger partial charge in [-0.1, -0.05) is 0 Å². The molecule has 0 radical (unpaired) electrons. The average Bonchev–Trinajstić information content (AvgIpc) is 2.55. The Morgan fingerprint density at radius 1 is 1.77 bits per heavy atom. The number of aliphatic hydroxyl groups excluding tert-OH is 1. The van der Waals surface area contributed by atoms with Crippen LogP contribution in [-0.2, 0) is 9.53 Å². The Balaban J connectivity index is 2.67. The predicted octanol–water partition coefficient (Wildman–Crippen LogP) is 1.48. The second kappa shape index (κ2) is 4.35. The minimum atomic E-state index is -0.541. The lowest BCUT2D eigenvalue weighted by molar-refractivity contribution is -0.137. The fraction of sp³-hybridized carbons (Fsp3) is 0.222. The first-order valence-corrected chi connectivity index (χ1v) is 3.94. The molecule has 1 rings (SSSR count). The number of rotatable bonds is 3. The third kappa shape index (κ3) is 2.66. The highest BCUT2D eigenvalue weighted by molar-refractivity contribution is 5.89. The molecule has 70 valence electrons. The van der Waals surface area contributed by atoms with E-state index < -0.39 is 5.97 Å². The van der Waals surface area contributed by atoms with Crippen molar-refractivity contribution < 1.29 is 14.6 Å². The monoisotopic (exact) mass is 181 g/mol. The summed E-state index contributed by atoms with van der Waals surface area (Å²) < 4.78 is 4.63. The first kappa shape index (κ1) is 9.38. The topological polar surface area (TPSA) is 62.3 Å². The fourth-order valence-electron chi connectivity index (χ4n) is 0.862. The maximum absolute atomic E-state index is 10.9. The van der Waals surface area contributed by atoms with E-state index in [9.17, 15) is 9.90 Å². The van der Waals surface area contributed by atoms with Crippen LogP contribution < -0.4 is 0 Å². The minimum absolute atomic E-state index is 0.0975. The van der Waals surface area contributed by atoms with E-state index in [-0.39, 0.29) is 5.76 Å². The molecule has 0 fully saturated rings. The number of aromatic amines is 1. The molecule has 0 bridgehead atoms. The van der Waals surface area contributed by atoms with E-state index in [1.54, 1.807) is 25.4 Å². The van der Waals surface area contributed by atoms with Crippen molar-refractivity contribution in [2.45, 2.75) is 6.92 Å². The summed E-state index contributed by atoms with van der Waals surface area (Å²) in [4.78, 5) is 13.6. The van der Waals surface area contributed by atoms with Crippen LogP contribution in [0.5, 0.6) is 0 Å². The van der Waals surface area contributed by atoms with Crippen molar-refractivity contribution in [3.63, 3.8) is 0 Å². The van der Waals surface area contributed by atoms with E-state index in [4.69, 9.17) is 0 Å². The second-order valence-corrected chi connectivity index (χ2v) is 2.38. The summed E-state index contributed by atoms with van der Waals surface area (Å²) in [5, 5.41) is 9.35. The van der Waals surface area contributed by atoms with E-state index in [1.165, 1.54) is 0 Å². The van der Waals surface area contributed by atoms with Gasteiger partial charge in [0.25, 0.3) is 0 Å². The zero-order valence-electron chi connectivity index (χ0n) is 7.28. The van der Waals surface area contributed by atoms with Crippen LogP contribution in [0.2, 0.25) is 0 Å². The third-order valence-corrected chi connectivity index (χ3v) is 1.43. The van der Waals surface area contributed by atoms with Crippen molar-refractivity contribution in [3.8, 4) is 0 Å². The van der Waals surface area contributed by atoms with Gasteiger partial charge >= 0.3 is 5.97 Å². The van der Waals surface area contributed by atoms with Crippen LogP contribution in [0, 0.1) is 0 Å². The zero-order chi connectivity index (χ0) is 9.68. The summed E-state index contributed by atoms with van der Waals surface area (Å²) in [6.07, 6.45) is 4.29. The Bertz CT molecular complexity index is 301. The molecule has 0 saturated carbocycles. The molecule has 2 N–H and O–H groups in total. The summed E-state index contributed by atoms with van der Waals surface area (Å²) in [6.45, 7) is 2.01. The molecule has 1 aromatic rings. The summed E-state index contributed by atoms with van der Waals surface area (Å²) in [6, 6.07) is 1.66. The van der Waals surface area contributed by atoms with Crippen LogP contribution in [-0.4, -0.2) is 22.7 Å². The smallest absolute Gasteiger partial charge is 0.334 e. The van der Waals surface area contributed by atoms with Crippen LogP contribution in [0.4, 0.5) is 0 Å². The molecule has 0 aliphatic rings. The molecular formula is C9H11NO3. The Morgan fingerprint density at radius 2 is 2.54 bits per heavy atom. The maximum Gasteiger partial charge on any atom is 0.334 e. The number of carbonyl (C=O) groups is 1. The first-order valence-electron chi connectivity index (χ1n) is 3.94. The number of aromatic nitrogens is 1. The molecule has 4 nitrogen and oxygen atoms in total. The largest absolute Gasteiger partial charge is 0.507 e. The summed E-state index contributed by atoms with van der Waals surface area (Å²) in [5.41, 5.74) is 0.563. The molecule has 13 heavy (non-hydrogen) atoms. The Labute approximate surface area is 75.8 Å². The highest BCUT2D eigenvalue weighted by Crippen LogP contribution is 2.09. The van der Waals surface area contributed by atoms with Gasteiger partial charge in [0.1, 0.15) is 5.76 Å². The first-order chi connectivity index (χ1) is 6.24. The number of esters is 1. The van der Waals surface area contributed by atoms with Crippen LogP contribution >= 0.6 is 0 Å². The molecule has 0 aliphatic heterocycles. The van der Waals surface area contributed by atoms with Gasteiger partial charge in [0.05, 0.1) is 12.7 Å². The number of carbonyl (C=O) groups excluding carboxylic acids is 1. The van der Waals surface area contributed by atoms with Crippen LogP contribution in [0.1, 0.15) is 12.5 Å². The SMILES string of the molecule is CCOC(=O)C=C(O)c1cc[nH]c1. The average molecular weight is 181 g/mol. The molecular weight excluding hydrogens is 170 g/mol. The number of aliphatic hydroxyl groups is 1. The molecule has 1 aromatic heterocycles. The Morgan fingerprint density at radius 3 is 3.08 bits per heavy atom. The highest BCUT2D eigenvalue weighted by atomic mass is 16.5. The van der Waals surface area contributed by atoms with Crippen molar-refractivity contribution in [2.24, 2.45) is 0 Å². The van der Waals surface area contributed by atoms with Crippen LogP contribution in [0.15, 0.2) is 24.5 Å². The van der Waals surface area contributed by atoms with E-state index >= 15 is 0 Å². The summed E-state index contributed by atoms with van der Waals surface area (Å²) in [7, 11) is 0. The summed E-state index contributed by atoms with van der Waals surface area (Å²) >= 11 is 0. The number of hydrogen-bond acceptors (Lipinski definition) is 3. The Hall–Kier alpha value is -1.71. The highest BCUT2D eigenvalue weighted by Gasteiger charge is 2.02. The molecule has 0 amide bonds. The van der Waals surface area contributed by atoms with Gasteiger partial charge in [-0.25, -0.2) is 4.79 Å². The maximum atomic E-state index is 10.9. The third-order valence-electron chi connectivity index (χ3n) is 1.43. The predicted molar refractivity (Wildman–Crippen MR) is 48.0 cm³/mol. The lowest BCUT2D eigenvalue weighted by atomic mass is 10.3. The quantitative estimate of drug-likeness (QED) is 0.421. The number of H-pyrrole nitrogens is 1. The number of hydrogen-bond donors (Lipinski definition) is 2. The van der Waals surface area contributed by atoms with Gasteiger partial charge in [-0.3, -0.25) is 0 Å². The molecule has 1 heterocycles. The molecule has 0 aromatic carbocycles. The lowest BCUT2D eigenvalue weighted by Gasteiger charge is -1.97. The lowest BCUT2D eigenvalue weighted by Crippen LogP contribution is -2.00. The van der Waals surface area contributed by atoms with Gasteiger partial charge < -0.3 is 14.8 Å². The second-order valence-electron chi connectivity index (χ2n) is 2.38. The molecule has 0 unspecified atom stereocenters. The summed E-state index contributed by atoms with van der Waals surface area (Å²) in [5.74, 6) is -0.638. The Kier molecular flexibility index (Phi) is 3.14. The van der Waals surface area contributed by atoms with Crippen molar-refractivity contribution in [3.05, 3.63) is 30.1 Å². The van der Waals surface area contributed by atoms with Gasteiger partial charge in [-0.2, -0.15) is 0 Å². The van der Waals surface area contributed by atoms with Crippen molar-refractivity contribution in [1.82, 2.24) is 4.98 Å². The van der Waals surface area contributed by atoms with Crippen LogP contribution in [0.25, 0.3) is 5.76 Å². The van der Waals surface area contributed by atoms with Gasteiger partial charge in [-0.15, -0.1) is 0 Å². The van der Waals surface area contributed by atoms with Crippen molar-refractivity contribution in [1.29, 1.82) is 0 Å². The van der Waals surface area contributed by atoms with Crippen molar-refractivity contribution in [2.75, 3.05) is 6.61 Å². The molecule has 4 heteroatoms. The van der Waals surface area contributed by atoms with E-state index in [0.717, 1.165) is 6.08 Å². The molecule has 0 saturated heterocycles. The number of nitrogens with one attached hydrogen (secondary N) is 1. The van der Waals surface area contributed by atoms with E-state index in [2.05, 4.69) is 9.72 Å². The van der Waals surface area contributed by atoms with Gasteiger partial charge in [0.2, 0.25) is 0 Å².